The molecule has 11 heavy (non-hydrogen) atoms. The summed E-state index contributed by atoms with van der Waals surface area (Å²) in [5.74, 6) is -2.10. The van der Waals surface area contributed by atoms with Crippen molar-refractivity contribution in [2.45, 2.75) is 12.2 Å². The molecule has 0 aromatic rings. The maximum Gasteiger partial charge on any atom is 1.00 e. The van der Waals surface area contributed by atoms with Crippen LogP contribution in [0.15, 0.2) is 12.2 Å². The molecule has 0 aliphatic carbocycles. The van der Waals surface area contributed by atoms with E-state index >= 15 is 0 Å². The number of ketones is 1. The van der Waals surface area contributed by atoms with Gasteiger partial charge in [-0.15, -0.1) is 0 Å². The first kappa shape index (κ1) is 13.4. The number of allylic oxidation sites excluding steroid dienone is 1. The normalized spacial score (nSPS) is 11.1. The standard InChI is InChI=1S/C6H8O3S.Li/c1-3(2)4(7)5(10)6(8)9;/h5,10H,1H2,2H3,(H,8,9);/q;+1/p-1. The summed E-state index contributed by atoms with van der Waals surface area (Å²) in [6, 6.07) is 0. The Labute approximate surface area is 82.4 Å². The first-order valence-electron chi connectivity index (χ1n) is 2.55. The second kappa shape index (κ2) is 5.47. The van der Waals surface area contributed by atoms with Crippen LogP contribution in [0.4, 0.5) is 0 Å². The van der Waals surface area contributed by atoms with Gasteiger partial charge in [-0.05, 0) is 12.5 Å². The molecule has 3 nitrogen and oxygen atoms in total. The number of hydrogen-bond acceptors (Lipinski definition) is 4. The fraction of sp³-hybridized carbons (Fsp3) is 0.333. The molecule has 0 saturated heterocycles. The minimum Gasteiger partial charge on any atom is -0.548 e. The minimum atomic E-state index is -1.49. The van der Waals surface area contributed by atoms with Crippen LogP contribution < -0.4 is 24.0 Å². The Morgan fingerprint density at radius 1 is 1.55 bits per heavy atom. The van der Waals surface area contributed by atoms with Crippen molar-refractivity contribution in [2.24, 2.45) is 0 Å². The van der Waals surface area contributed by atoms with E-state index in [-0.39, 0.29) is 24.4 Å². The van der Waals surface area contributed by atoms with E-state index in [1.165, 1.54) is 6.92 Å². The summed E-state index contributed by atoms with van der Waals surface area (Å²) in [5.41, 5.74) is 0.171. The summed E-state index contributed by atoms with van der Waals surface area (Å²) in [4.78, 5) is 20.7. The fourth-order valence-corrected chi connectivity index (χ4v) is 0.561. The van der Waals surface area contributed by atoms with Gasteiger partial charge in [0.25, 0.3) is 0 Å². The van der Waals surface area contributed by atoms with Crippen LogP contribution in [-0.4, -0.2) is 17.0 Å². The Kier molecular flexibility index (Phi) is 6.68. The molecule has 0 amide bonds. The number of hydrogen-bond donors (Lipinski definition) is 1. The molecule has 0 radical (unpaired) electrons. The van der Waals surface area contributed by atoms with Crippen LogP contribution in [-0.2, 0) is 9.59 Å². The van der Waals surface area contributed by atoms with Gasteiger partial charge in [0.05, 0.1) is 5.97 Å². The van der Waals surface area contributed by atoms with Crippen molar-refractivity contribution in [1.29, 1.82) is 0 Å². The van der Waals surface area contributed by atoms with Crippen LogP contribution in [0.5, 0.6) is 0 Å². The Hall–Kier alpha value is -0.173. The second-order valence-electron chi connectivity index (χ2n) is 1.87. The molecule has 0 fully saturated rings. The maximum atomic E-state index is 10.7. The van der Waals surface area contributed by atoms with E-state index in [0.717, 1.165) is 0 Å². The SMILES string of the molecule is C=C(C)C(=O)C(S)C(=O)[O-].[Li+]. The predicted octanol–water partition coefficient (Wildman–Crippen LogP) is -3.82. The third-order valence-corrected chi connectivity index (χ3v) is 1.34. The van der Waals surface area contributed by atoms with Crippen LogP contribution in [0, 0.1) is 0 Å². The molecule has 0 saturated carbocycles. The Balaban J connectivity index is 0. The summed E-state index contributed by atoms with van der Waals surface area (Å²) in [6.07, 6.45) is 0. The zero-order valence-electron chi connectivity index (χ0n) is 6.46. The molecule has 0 aliphatic heterocycles. The van der Waals surface area contributed by atoms with Crippen LogP contribution in [0.25, 0.3) is 0 Å². The molecule has 0 N–H and O–H groups in total. The number of Topliss-reactive ketones (excluding diaryl/α,β-unsaturated/α-hetero) is 1. The number of carbonyl (C=O) groups is 2. The van der Waals surface area contributed by atoms with Gasteiger partial charge in [0.15, 0.2) is 5.78 Å². The van der Waals surface area contributed by atoms with Crippen molar-refractivity contribution in [3.8, 4) is 0 Å². The first-order chi connectivity index (χ1) is 4.46. The molecule has 1 unspecified atom stereocenters. The fourth-order valence-electron chi connectivity index (χ4n) is 0.340. The van der Waals surface area contributed by atoms with Gasteiger partial charge in [-0.3, -0.25) is 4.79 Å². The van der Waals surface area contributed by atoms with Gasteiger partial charge in [0, 0.05) is 0 Å². The van der Waals surface area contributed by atoms with Crippen molar-refractivity contribution in [1.82, 2.24) is 0 Å². The van der Waals surface area contributed by atoms with E-state index < -0.39 is 17.0 Å². The number of thiol groups is 1. The monoisotopic (exact) mass is 166 g/mol. The number of carboxylic acid groups (broad SMARTS) is 1. The largest absolute Gasteiger partial charge is 1.00 e. The molecule has 56 valence electrons. The third kappa shape index (κ3) is 4.30. The summed E-state index contributed by atoms with van der Waals surface area (Å²) >= 11 is 3.49. The molecule has 0 aromatic carbocycles. The van der Waals surface area contributed by atoms with E-state index in [1.54, 1.807) is 0 Å². The summed E-state index contributed by atoms with van der Waals surface area (Å²) in [7, 11) is 0. The van der Waals surface area contributed by atoms with E-state index in [4.69, 9.17) is 0 Å². The van der Waals surface area contributed by atoms with Crippen LogP contribution in [0.1, 0.15) is 6.92 Å². The number of rotatable bonds is 3. The van der Waals surface area contributed by atoms with Gasteiger partial charge in [0.1, 0.15) is 5.25 Å². The Bertz CT molecular complexity index is 190. The molecule has 0 aromatic heterocycles. The Morgan fingerprint density at radius 2 is 1.91 bits per heavy atom. The zero-order chi connectivity index (χ0) is 8.31. The predicted molar refractivity (Wildman–Crippen MR) is 37.6 cm³/mol. The average Bonchev–Trinajstić information content (AvgIpc) is 1.84. The smallest absolute Gasteiger partial charge is 0.548 e. The molecular weight excluding hydrogens is 159 g/mol. The molecule has 5 heteroatoms. The van der Waals surface area contributed by atoms with Gasteiger partial charge >= 0.3 is 18.9 Å². The van der Waals surface area contributed by atoms with Gasteiger partial charge in [-0.25, -0.2) is 0 Å². The molecule has 0 bridgehead atoms. The van der Waals surface area contributed by atoms with Crippen molar-refractivity contribution in [3.63, 3.8) is 0 Å². The molecule has 1 atom stereocenters. The summed E-state index contributed by atoms with van der Waals surface area (Å²) in [6.45, 7) is 4.69. The van der Waals surface area contributed by atoms with Gasteiger partial charge in [0.2, 0.25) is 0 Å². The van der Waals surface area contributed by atoms with E-state index in [2.05, 4.69) is 19.2 Å². The maximum absolute atomic E-state index is 10.7. The topological polar surface area (TPSA) is 57.2 Å². The van der Waals surface area contributed by atoms with Crippen molar-refractivity contribution in [3.05, 3.63) is 12.2 Å². The molecule has 0 heterocycles. The average molecular weight is 166 g/mol. The number of carboxylic acids is 1. The molecule has 0 rings (SSSR count). The zero-order valence-corrected chi connectivity index (χ0v) is 7.35. The van der Waals surface area contributed by atoms with Crippen LogP contribution in [0.3, 0.4) is 0 Å². The van der Waals surface area contributed by atoms with Crippen molar-refractivity contribution < 1.29 is 33.6 Å². The quantitative estimate of drug-likeness (QED) is 0.202. The van der Waals surface area contributed by atoms with E-state index in [0.29, 0.717) is 0 Å². The molecular formula is C6H7LiO3S. The minimum absolute atomic E-state index is 0. The Morgan fingerprint density at radius 3 is 2.00 bits per heavy atom. The first-order valence-corrected chi connectivity index (χ1v) is 3.07. The summed E-state index contributed by atoms with van der Waals surface area (Å²) in [5, 5.41) is 8.62. The van der Waals surface area contributed by atoms with E-state index in [1.807, 2.05) is 0 Å². The molecule has 0 aliphatic rings. The second-order valence-corrected chi connectivity index (χ2v) is 2.38. The number of aliphatic carboxylic acids is 1. The van der Waals surface area contributed by atoms with Gasteiger partial charge in [-0.2, -0.15) is 12.6 Å². The number of carbonyl (C=O) groups excluding carboxylic acids is 2. The van der Waals surface area contributed by atoms with E-state index in [9.17, 15) is 14.7 Å². The van der Waals surface area contributed by atoms with Crippen molar-refractivity contribution >= 4 is 24.4 Å². The molecule has 0 spiro atoms. The van der Waals surface area contributed by atoms with Crippen LogP contribution in [0.2, 0.25) is 0 Å². The third-order valence-electron chi connectivity index (χ3n) is 0.892. The van der Waals surface area contributed by atoms with Gasteiger partial charge < -0.3 is 9.90 Å². The van der Waals surface area contributed by atoms with Gasteiger partial charge in [-0.1, -0.05) is 6.58 Å². The van der Waals surface area contributed by atoms with Crippen molar-refractivity contribution in [2.75, 3.05) is 0 Å². The van der Waals surface area contributed by atoms with Crippen LogP contribution >= 0.6 is 12.6 Å². The summed E-state index contributed by atoms with van der Waals surface area (Å²) < 4.78 is 0.